The SMILES string of the molecule is [CH]C(=O)OCC(COC(=O)COc1ccc(I)cc1)OP(=O)([O-])OCC[N+](C)(C)C. The number of hydrogen-bond donors (Lipinski definition) is 0. The third-order valence-corrected chi connectivity index (χ3v) is 5.08. The van der Waals surface area contributed by atoms with Gasteiger partial charge in [-0.05, 0) is 46.9 Å². The van der Waals surface area contributed by atoms with Crippen LogP contribution in [0.3, 0.4) is 0 Å². The molecular formula is C18H25INO9P. The largest absolute Gasteiger partial charge is 0.756 e. The monoisotopic (exact) mass is 557 g/mol. The van der Waals surface area contributed by atoms with Gasteiger partial charge in [0, 0.05) is 3.57 Å². The number of carbonyl (C=O) groups excluding carboxylic acids is 2. The van der Waals surface area contributed by atoms with Crippen molar-refractivity contribution in [1.29, 1.82) is 0 Å². The lowest BCUT2D eigenvalue weighted by Crippen LogP contribution is -2.38. The number of phosphoric ester groups is 1. The maximum absolute atomic E-state index is 12.0. The van der Waals surface area contributed by atoms with Crippen LogP contribution in [0.1, 0.15) is 0 Å². The molecule has 0 aliphatic heterocycles. The fourth-order valence-electron chi connectivity index (χ4n) is 1.82. The molecule has 0 spiro atoms. The fraction of sp³-hybridized carbons (Fsp3) is 0.500. The Bertz CT molecular complexity index is 736. The highest BCUT2D eigenvalue weighted by Gasteiger charge is 2.22. The molecule has 0 fully saturated rings. The van der Waals surface area contributed by atoms with Crippen LogP contribution in [0.15, 0.2) is 24.3 Å². The zero-order valence-corrected chi connectivity index (χ0v) is 20.0. The van der Waals surface area contributed by atoms with E-state index in [-0.39, 0.29) is 6.61 Å². The molecule has 12 heteroatoms. The van der Waals surface area contributed by atoms with Gasteiger partial charge in [0.2, 0.25) is 0 Å². The molecule has 0 amide bonds. The predicted octanol–water partition coefficient (Wildman–Crippen LogP) is 1.04. The number of nitrogens with zero attached hydrogens (tertiary/aromatic N) is 1. The van der Waals surface area contributed by atoms with E-state index in [4.69, 9.17) is 25.4 Å². The summed E-state index contributed by atoms with van der Waals surface area (Å²) in [6.07, 6.45) is -1.33. The van der Waals surface area contributed by atoms with E-state index in [1.807, 2.05) is 21.1 Å². The van der Waals surface area contributed by atoms with Crippen LogP contribution in [0.25, 0.3) is 0 Å². The first-order chi connectivity index (χ1) is 13.9. The van der Waals surface area contributed by atoms with E-state index in [0.29, 0.717) is 16.8 Å². The van der Waals surface area contributed by atoms with E-state index in [0.717, 1.165) is 3.57 Å². The number of carbonyl (C=O) groups is 2. The normalized spacial score (nSPS) is 14.5. The zero-order valence-electron chi connectivity index (χ0n) is 16.9. The van der Waals surface area contributed by atoms with Crippen molar-refractivity contribution in [3.8, 4) is 5.75 Å². The first kappa shape index (κ1) is 26.8. The summed E-state index contributed by atoms with van der Waals surface area (Å²) in [5.74, 6) is -1.44. The maximum atomic E-state index is 12.0. The van der Waals surface area contributed by atoms with Crippen molar-refractivity contribution < 1.29 is 46.8 Å². The van der Waals surface area contributed by atoms with Gasteiger partial charge in [0.05, 0.1) is 28.1 Å². The lowest BCUT2D eigenvalue weighted by atomic mass is 10.3. The summed E-state index contributed by atoms with van der Waals surface area (Å²) < 4.78 is 37.9. The number of rotatable bonds is 13. The van der Waals surface area contributed by atoms with Crippen molar-refractivity contribution >= 4 is 42.4 Å². The Morgan fingerprint density at radius 1 is 1.17 bits per heavy atom. The van der Waals surface area contributed by atoms with Crippen LogP contribution in [-0.4, -0.2) is 76.6 Å². The lowest BCUT2D eigenvalue weighted by molar-refractivity contribution is -0.870. The summed E-state index contributed by atoms with van der Waals surface area (Å²) in [6, 6.07) is 6.97. The van der Waals surface area contributed by atoms with Crippen LogP contribution in [0.4, 0.5) is 0 Å². The van der Waals surface area contributed by atoms with Crippen molar-refractivity contribution in [2.45, 2.75) is 6.10 Å². The Morgan fingerprint density at radius 2 is 1.77 bits per heavy atom. The Hall–Kier alpha value is -1.24. The number of hydrogen-bond acceptors (Lipinski definition) is 9. The molecule has 2 unspecified atom stereocenters. The molecule has 30 heavy (non-hydrogen) atoms. The second-order valence-corrected chi connectivity index (χ2v) is 9.69. The molecule has 0 aliphatic carbocycles. The number of likely N-dealkylation sites (N-methyl/N-ethyl adjacent to an activating group) is 1. The van der Waals surface area contributed by atoms with Crippen LogP contribution >= 0.6 is 30.4 Å². The highest BCUT2D eigenvalue weighted by molar-refractivity contribution is 14.1. The Kier molecular flexibility index (Phi) is 11.2. The van der Waals surface area contributed by atoms with Gasteiger partial charge in [0.25, 0.3) is 7.82 Å². The Morgan fingerprint density at radius 3 is 2.33 bits per heavy atom. The summed E-state index contributed by atoms with van der Waals surface area (Å²) in [5.41, 5.74) is 0. The molecule has 1 rings (SSSR count). The minimum atomic E-state index is -4.74. The van der Waals surface area contributed by atoms with Gasteiger partial charge >= 0.3 is 11.9 Å². The van der Waals surface area contributed by atoms with Gasteiger partial charge < -0.3 is 32.6 Å². The van der Waals surface area contributed by atoms with Crippen molar-refractivity contribution in [1.82, 2.24) is 0 Å². The molecular weight excluding hydrogens is 532 g/mol. The van der Waals surface area contributed by atoms with Crippen LogP contribution in [-0.2, 0) is 32.7 Å². The number of benzene rings is 1. The van der Waals surface area contributed by atoms with Gasteiger partial charge in [0.15, 0.2) is 6.61 Å². The topological polar surface area (TPSA) is 120 Å². The van der Waals surface area contributed by atoms with E-state index in [9.17, 15) is 19.0 Å². The summed E-state index contributed by atoms with van der Waals surface area (Å²) >= 11 is 2.13. The standard InChI is InChI=1S/C18H25INO9P/c1-14(21)25-11-17(29-30(23,24)28-10-9-20(2,3)4)12-27-18(22)13-26-16-7-5-15(19)6-8-16/h1,5-8,17H,9-13H2,2-4H3. The van der Waals surface area contributed by atoms with Crippen molar-refractivity contribution in [3.05, 3.63) is 34.8 Å². The highest BCUT2D eigenvalue weighted by Crippen LogP contribution is 2.39. The number of esters is 2. The molecule has 2 radical (unpaired) electrons. The quantitative estimate of drug-likeness (QED) is 0.152. The average molecular weight is 557 g/mol. The number of phosphoric acid groups is 1. The highest BCUT2D eigenvalue weighted by atomic mass is 127. The molecule has 10 nitrogen and oxygen atoms in total. The summed E-state index contributed by atoms with van der Waals surface area (Å²) in [7, 11) is 0.849. The lowest BCUT2D eigenvalue weighted by Gasteiger charge is -2.29. The fourth-order valence-corrected chi connectivity index (χ4v) is 3.04. The molecule has 0 N–H and O–H groups in total. The van der Waals surface area contributed by atoms with Crippen molar-refractivity contribution in [2.75, 3.05) is 54.1 Å². The van der Waals surface area contributed by atoms with Gasteiger partial charge in [-0.25, -0.2) is 4.79 Å². The number of halogens is 1. The zero-order chi connectivity index (χ0) is 22.8. The van der Waals surface area contributed by atoms with Gasteiger partial charge in [-0.1, -0.05) is 0 Å². The van der Waals surface area contributed by atoms with E-state index in [1.165, 1.54) is 0 Å². The minimum absolute atomic E-state index is 0.114. The van der Waals surface area contributed by atoms with Gasteiger partial charge in [-0.3, -0.25) is 9.36 Å². The Labute approximate surface area is 189 Å². The molecule has 2 atom stereocenters. The number of quaternary nitrogens is 1. The molecule has 0 bridgehead atoms. The molecule has 0 aliphatic rings. The van der Waals surface area contributed by atoms with Gasteiger partial charge in [-0.15, -0.1) is 0 Å². The molecule has 0 aromatic heterocycles. The van der Waals surface area contributed by atoms with Gasteiger partial charge in [0.1, 0.15) is 38.2 Å². The smallest absolute Gasteiger partial charge is 0.344 e. The van der Waals surface area contributed by atoms with Crippen LogP contribution in [0.5, 0.6) is 5.75 Å². The van der Waals surface area contributed by atoms with Gasteiger partial charge in [-0.2, -0.15) is 0 Å². The van der Waals surface area contributed by atoms with E-state index in [1.54, 1.807) is 24.3 Å². The molecule has 1 aromatic carbocycles. The molecule has 0 saturated heterocycles. The van der Waals surface area contributed by atoms with Crippen molar-refractivity contribution in [2.24, 2.45) is 0 Å². The third kappa shape index (κ3) is 13.1. The predicted molar refractivity (Wildman–Crippen MR) is 112 cm³/mol. The number of ether oxygens (including phenoxy) is 3. The van der Waals surface area contributed by atoms with Crippen molar-refractivity contribution in [3.63, 3.8) is 0 Å². The minimum Gasteiger partial charge on any atom is -0.756 e. The molecule has 0 saturated carbocycles. The second-order valence-electron chi connectivity index (χ2n) is 7.08. The van der Waals surface area contributed by atoms with Crippen LogP contribution in [0.2, 0.25) is 0 Å². The van der Waals surface area contributed by atoms with E-state index >= 15 is 0 Å². The Balaban J connectivity index is 2.53. The van der Waals surface area contributed by atoms with Crippen LogP contribution < -0.4 is 9.63 Å². The average Bonchev–Trinajstić information content (AvgIpc) is 2.62. The third-order valence-electron chi connectivity index (χ3n) is 3.30. The second kappa shape index (κ2) is 12.6. The molecule has 168 valence electrons. The summed E-state index contributed by atoms with van der Waals surface area (Å²) in [6.45, 7) is 3.70. The summed E-state index contributed by atoms with van der Waals surface area (Å²) in [5, 5.41) is 0. The first-order valence-corrected chi connectivity index (χ1v) is 11.3. The van der Waals surface area contributed by atoms with E-state index in [2.05, 4.69) is 27.3 Å². The maximum Gasteiger partial charge on any atom is 0.344 e. The molecule has 1 aromatic rings. The summed E-state index contributed by atoms with van der Waals surface area (Å²) in [4.78, 5) is 34.7. The van der Waals surface area contributed by atoms with E-state index < -0.39 is 45.7 Å². The first-order valence-electron chi connectivity index (χ1n) is 8.77. The molecule has 0 heterocycles. The van der Waals surface area contributed by atoms with Crippen LogP contribution in [0, 0.1) is 10.5 Å².